The highest BCUT2D eigenvalue weighted by atomic mass is 28.3. The molecule has 0 atom stereocenters. The third kappa shape index (κ3) is 4.80. The number of para-hydroxylation sites is 1. The molecule has 0 spiro atoms. The van der Waals surface area contributed by atoms with Crippen LogP contribution in [0.1, 0.15) is 16.7 Å². The second-order valence-corrected chi connectivity index (χ2v) is 16.0. The van der Waals surface area contributed by atoms with Crippen molar-refractivity contribution >= 4 is 50.6 Å². The Bertz CT molecular complexity index is 2580. The maximum absolute atomic E-state index is 10.9. The zero-order valence-corrected chi connectivity index (χ0v) is 28.0. The summed E-state index contributed by atoms with van der Waals surface area (Å²) in [4.78, 5) is 0. The van der Waals surface area contributed by atoms with Crippen LogP contribution in [-0.4, -0.2) is 12.6 Å². The second kappa shape index (κ2) is 12.6. The third-order valence-electron chi connectivity index (χ3n) is 9.66. The van der Waals surface area contributed by atoms with Crippen LogP contribution in [0, 0.1) is 34.0 Å². The average Bonchev–Trinajstić information content (AvgIpc) is 3.52. The van der Waals surface area contributed by atoms with Crippen molar-refractivity contribution < 1.29 is 0 Å². The van der Waals surface area contributed by atoms with E-state index in [1.165, 1.54) is 15.6 Å². The molecular weight excluding hydrogens is 625 g/mol. The lowest BCUT2D eigenvalue weighted by Gasteiger charge is -2.35. The maximum atomic E-state index is 10.9. The Hall–Kier alpha value is -6.97. The number of nitrogens with zero attached hydrogens (tertiary/aromatic N) is 4. The van der Waals surface area contributed by atoms with Gasteiger partial charge in [-0.3, -0.25) is 0 Å². The molecule has 7 aromatic carbocycles. The number of fused-ring (bicyclic) bond motifs is 3. The summed E-state index contributed by atoms with van der Waals surface area (Å²) in [5.74, 6) is 0. The highest BCUT2D eigenvalue weighted by Gasteiger charge is 2.43. The first-order valence-corrected chi connectivity index (χ1v) is 18.4. The van der Waals surface area contributed by atoms with Crippen LogP contribution in [0.2, 0.25) is 0 Å². The van der Waals surface area contributed by atoms with Crippen molar-refractivity contribution in [2.24, 2.45) is 0 Å². The number of hydrogen-bond donors (Lipinski definition) is 0. The Morgan fingerprint density at radius 3 is 1.56 bits per heavy atom. The van der Waals surface area contributed by atoms with E-state index in [1.807, 2.05) is 84.9 Å². The van der Waals surface area contributed by atoms with Gasteiger partial charge in [-0.05, 0) is 74.3 Å². The molecule has 0 saturated carbocycles. The highest BCUT2D eigenvalue weighted by molar-refractivity contribution is 7.20. The van der Waals surface area contributed by atoms with Gasteiger partial charge in [0.2, 0.25) is 0 Å². The Labute approximate surface area is 291 Å². The van der Waals surface area contributed by atoms with E-state index in [1.54, 1.807) is 0 Å². The normalized spacial score (nSPS) is 11.1. The summed E-state index contributed by atoms with van der Waals surface area (Å²) in [6.07, 6.45) is 0. The van der Waals surface area contributed by atoms with Gasteiger partial charge in [-0.25, -0.2) is 0 Å². The molecule has 0 radical (unpaired) electrons. The zero-order valence-electron chi connectivity index (χ0n) is 27.0. The van der Waals surface area contributed by atoms with Gasteiger partial charge in [0.05, 0.1) is 45.5 Å². The predicted molar refractivity (Wildman–Crippen MR) is 204 cm³/mol. The SMILES string of the molecule is N#Cc1ccc2c(c1)c1ccccc1n2-c1cc(-c2ccc([Si](c3ccccc3)(c3ccccc3)c3ccccc3)c(C#N)c2)ccc1C#N. The van der Waals surface area contributed by atoms with Crippen LogP contribution in [0.4, 0.5) is 0 Å². The van der Waals surface area contributed by atoms with Gasteiger partial charge in [0, 0.05) is 10.8 Å². The number of nitriles is 3. The summed E-state index contributed by atoms with van der Waals surface area (Å²) >= 11 is 0. The molecule has 0 aliphatic heterocycles. The second-order valence-electron chi connectivity index (χ2n) is 12.3. The van der Waals surface area contributed by atoms with Crippen molar-refractivity contribution in [3.05, 3.63) is 187 Å². The Morgan fingerprint density at radius 2 is 0.960 bits per heavy atom. The summed E-state index contributed by atoms with van der Waals surface area (Å²) in [5, 5.41) is 37.4. The highest BCUT2D eigenvalue weighted by Crippen LogP contribution is 2.35. The van der Waals surface area contributed by atoms with Crippen LogP contribution in [0.15, 0.2) is 170 Å². The van der Waals surface area contributed by atoms with E-state index >= 15 is 0 Å². The van der Waals surface area contributed by atoms with Gasteiger partial charge in [-0.15, -0.1) is 0 Å². The van der Waals surface area contributed by atoms with E-state index in [4.69, 9.17) is 0 Å². The first-order chi connectivity index (χ1) is 24.7. The largest absolute Gasteiger partial charge is 0.308 e. The molecule has 8 rings (SSSR count). The van der Waals surface area contributed by atoms with E-state index in [2.05, 4.69) is 108 Å². The lowest BCUT2D eigenvalue weighted by atomic mass is 10.0. The summed E-state index contributed by atoms with van der Waals surface area (Å²) in [6, 6.07) is 64.9. The first-order valence-electron chi connectivity index (χ1n) is 16.4. The summed E-state index contributed by atoms with van der Waals surface area (Å²) in [6.45, 7) is 0. The van der Waals surface area contributed by atoms with Crippen LogP contribution in [-0.2, 0) is 0 Å². The molecule has 8 aromatic rings. The van der Waals surface area contributed by atoms with Gasteiger partial charge in [-0.2, -0.15) is 15.8 Å². The van der Waals surface area contributed by atoms with Gasteiger partial charge in [0.25, 0.3) is 0 Å². The van der Waals surface area contributed by atoms with Crippen LogP contribution >= 0.6 is 0 Å². The van der Waals surface area contributed by atoms with E-state index in [-0.39, 0.29) is 0 Å². The molecule has 0 fully saturated rings. The first kappa shape index (κ1) is 30.4. The van der Waals surface area contributed by atoms with E-state index in [0.29, 0.717) is 16.7 Å². The van der Waals surface area contributed by atoms with Gasteiger partial charge in [0.1, 0.15) is 6.07 Å². The van der Waals surface area contributed by atoms with Crippen molar-refractivity contribution in [1.29, 1.82) is 15.8 Å². The average molecular weight is 653 g/mol. The standard InChI is InChI=1S/C45H28N4Si/c46-29-32-20-24-43-41(26-32)40-18-10-11-19-42(40)49(43)44-28-34(21-22-35(44)30-47)33-23-25-45(36(27-33)31-48)50(37-12-4-1-5-13-37,38-14-6-2-7-15-38)39-16-8-3-9-17-39/h1-28H. The molecule has 50 heavy (non-hydrogen) atoms. The quantitative estimate of drug-likeness (QED) is 0.138. The van der Waals surface area contributed by atoms with Crippen molar-refractivity contribution in [3.8, 4) is 35.0 Å². The van der Waals surface area contributed by atoms with Crippen LogP contribution in [0.3, 0.4) is 0 Å². The van der Waals surface area contributed by atoms with Gasteiger partial charge < -0.3 is 4.57 Å². The van der Waals surface area contributed by atoms with Crippen molar-refractivity contribution in [3.63, 3.8) is 0 Å². The predicted octanol–water partition coefficient (Wildman–Crippen LogP) is 7.44. The lowest BCUT2D eigenvalue weighted by molar-refractivity contribution is 1.17. The zero-order chi connectivity index (χ0) is 34.1. The summed E-state index contributed by atoms with van der Waals surface area (Å²) < 4.78 is 2.10. The topological polar surface area (TPSA) is 76.3 Å². The van der Waals surface area contributed by atoms with Crippen molar-refractivity contribution in [1.82, 2.24) is 4.57 Å². The molecular formula is C45H28N4Si. The lowest BCUT2D eigenvalue weighted by Crippen LogP contribution is -2.75. The minimum Gasteiger partial charge on any atom is -0.308 e. The fourth-order valence-electron chi connectivity index (χ4n) is 7.47. The molecule has 0 aliphatic carbocycles. The molecule has 0 N–H and O–H groups in total. The molecule has 0 saturated heterocycles. The molecule has 0 bridgehead atoms. The summed E-state index contributed by atoms with van der Waals surface area (Å²) in [5.41, 5.74) is 6.12. The van der Waals surface area contributed by atoms with Crippen LogP contribution in [0.25, 0.3) is 38.6 Å². The smallest absolute Gasteiger partial charge is 0.180 e. The van der Waals surface area contributed by atoms with Crippen LogP contribution < -0.4 is 20.7 Å². The fourth-order valence-corrected chi connectivity index (χ4v) is 12.3. The molecule has 0 amide bonds. The van der Waals surface area contributed by atoms with Gasteiger partial charge >= 0.3 is 0 Å². The third-order valence-corrected chi connectivity index (χ3v) is 14.5. The molecule has 1 heterocycles. The monoisotopic (exact) mass is 652 g/mol. The van der Waals surface area contributed by atoms with Crippen LogP contribution in [0.5, 0.6) is 0 Å². The minimum absolute atomic E-state index is 0.529. The Kier molecular flexibility index (Phi) is 7.63. The van der Waals surface area contributed by atoms with E-state index in [9.17, 15) is 15.8 Å². The molecule has 0 unspecified atom stereocenters. The number of rotatable bonds is 6. The van der Waals surface area contributed by atoms with Crippen molar-refractivity contribution in [2.75, 3.05) is 0 Å². The Morgan fingerprint density at radius 1 is 0.420 bits per heavy atom. The molecule has 232 valence electrons. The van der Waals surface area contributed by atoms with Crippen molar-refractivity contribution in [2.45, 2.75) is 0 Å². The molecule has 5 heteroatoms. The molecule has 1 aromatic heterocycles. The minimum atomic E-state index is -2.92. The van der Waals surface area contributed by atoms with E-state index in [0.717, 1.165) is 43.8 Å². The molecule has 4 nitrogen and oxygen atoms in total. The van der Waals surface area contributed by atoms with Gasteiger partial charge in [0.15, 0.2) is 8.07 Å². The number of hydrogen-bond acceptors (Lipinski definition) is 3. The number of aromatic nitrogens is 1. The fraction of sp³-hybridized carbons (Fsp3) is 0. The molecule has 0 aliphatic rings. The van der Waals surface area contributed by atoms with Gasteiger partial charge in [-0.1, -0.05) is 127 Å². The number of benzene rings is 7. The van der Waals surface area contributed by atoms with E-state index < -0.39 is 8.07 Å². The summed E-state index contributed by atoms with van der Waals surface area (Å²) in [7, 11) is -2.92. The Balaban J connectivity index is 1.36. The maximum Gasteiger partial charge on any atom is 0.180 e.